The van der Waals surface area contributed by atoms with E-state index in [1.54, 1.807) is 16.9 Å². The summed E-state index contributed by atoms with van der Waals surface area (Å²) in [5.74, 6) is -0.0780. The Morgan fingerprint density at radius 1 is 1.18 bits per heavy atom. The fraction of sp³-hybridized carbons (Fsp3) is 0.200. The van der Waals surface area contributed by atoms with Crippen LogP contribution >= 0.6 is 0 Å². The van der Waals surface area contributed by atoms with Crippen molar-refractivity contribution in [3.05, 3.63) is 36.2 Å². The van der Waals surface area contributed by atoms with E-state index in [2.05, 4.69) is 20.3 Å². The molecule has 3 aromatic heterocycles. The highest BCUT2D eigenvalue weighted by Gasteiger charge is 2.27. The molecule has 13 heteroatoms. The minimum atomic E-state index is -4.46. The summed E-state index contributed by atoms with van der Waals surface area (Å²) < 4.78 is 51.4. The van der Waals surface area contributed by atoms with Crippen LogP contribution in [0.15, 0.2) is 35.5 Å². The number of methoxy groups -OCH3 is 2. The topological polar surface area (TPSA) is 137 Å². The van der Waals surface area contributed by atoms with Crippen LogP contribution in [-0.2, 0) is 16.7 Å². The van der Waals surface area contributed by atoms with E-state index in [4.69, 9.17) is 9.47 Å². The standard InChI is InChI=1S/C15H15FN6O5S/c1-26-11-7-12(27-2)19-14(18-11)20-15(23)21-28(24,25)13-9(8-16)17-10-5-3-4-6-22(10)13/h3-7H,8H2,1-2H3,(H2,18,19,20,21,23). The van der Waals surface area contributed by atoms with Crippen LogP contribution in [0.4, 0.5) is 15.1 Å². The first-order valence-corrected chi connectivity index (χ1v) is 9.19. The monoisotopic (exact) mass is 410 g/mol. The Kier molecular flexibility index (Phi) is 5.26. The fourth-order valence-corrected chi connectivity index (χ4v) is 3.58. The maximum atomic E-state index is 13.3. The first kappa shape index (κ1) is 19.3. The van der Waals surface area contributed by atoms with Crippen LogP contribution in [0.1, 0.15) is 5.69 Å². The Balaban J connectivity index is 1.88. The molecule has 3 heterocycles. The number of carbonyl (C=O) groups is 1. The van der Waals surface area contributed by atoms with Crippen molar-refractivity contribution in [3.8, 4) is 11.8 Å². The molecule has 0 bridgehead atoms. The Morgan fingerprint density at radius 3 is 2.46 bits per heavy atom. The normalized spacial score (nSPS) is 11.2. The smallest absolute Gasteiger partial charge is 0.335 e. The second kappa shape index (κ2) is 7.64. The molecule has 11 nitrogen and oxygen atoms in total. The molecule has 0 unspecified atom stereocenters. The Morgan fingerprint density at radius 2 is 1.86 bits per heavy atom. The molecule has 0 aliphatic rings. The van der Waals surface area contributed by atoms with Gasteiger partial charge in [0, 0.05) is 6.20 Å². The lowest BCUT2D eigenvalue weighted by Gasteiger charge is -2.10. The lowest BCUT2D eigenvalue weighted by Crippen LogP contribution is -2.36. The highest BCUT2D eigenvalue weighted by Crippen LogP contribution is 2.20. The number of urea groups is 1. The number of carbonyl (C=O) groups excluding carboxylic acids is 1. The van der Waals surface area contributed by atoms with Crippen molar-refractivity contribution in [3.63, 3.8) is 0 Å². The van der Waals surface area contributed by atoms with Gasteiger partial charge in [0.1, 0.15) is 18.0 Å². The summed E-state index contributed by atoms with van der Waals surface area (Å²) in [6.07, 6.45) is 1.39. The van der Waals surface area contributed by atoms with Gasteiger partial charge in [-0.25, -0.2) is 18.9 Å². The van der Waals surface area contributed by atoms with E-state index in [1.807, 2.05) is 0 Å². The molecule has 28 heavy (non-hydrogen) atoms. The highest BCUT2D eigenvalue weighted by molar-refractivity contribution is 7.90. The molecule has 2 N–H and O–H groups in total. The first-order valence-electron chi connectivity index (χ1n) is 7.70. The summed E-state index contributed by atoms with van der Waals surface area (Å²) >= 11 is 0. The van der Waals surface area contributed by atoms with Gasteiger partial charge in [-0.2, -0.15) is 18.4 Å². The Bertz CT molecular complexity index is 1110. The predicted octanol–water partition coefficient (Wildman–Crippen LogP) is 1.12. The predicted molar refractivity (Wildman–Crippen MR) is 94.5 cm³/mol. The maximum Gasteiger partial charge on any atom is 0.335 e. The largest absolute Gasteiger partial charge is 0.481 e. The number of imidazole rings is 1. The van der Waals surface area contributed by atoms with Gasteiger partial charge in [-0.1, -0.05) is 6.07 Å². The van der Waals surface area contributed by atoms with Gasteiger partial charge in [0.05, 0.1) is 20.3 Å². The Hall–Kier alpha value is -3.48. The summed E-state index contributed by atoms with van der Waals surface area (Å²) in [6, 6.07) is 4.88. The minimum Gasteiger partial charge on any atom is -0.481 e. The molecule has 2 amide bonds. The Labute approximate surface area is 158 Å². The van der Waals surface area contributed by atoms with Crippen molar-refractivity contribution in [1.82, 2.24) is 24.1 Å². The third-order valence-electron chi connectivity index (χ3n) is 3.48. The molecular formula is C15H15FN6O5S. The molecule has 0 aliphatic carbocycles. The van der Waals surface area contributed by atoms with E-state index < -0.39 is 27.8 Å². The summed E-state index contributed by atoms with van der Waals surface area (Å²) in [5, 5.41) is 1.68. The average Bonchev–Trinajstić information content (AvgIpc) is 3.06. The number of alkyl halides is 1. The molecule has 3 aromatic rings. The van der Waals surface area contributed by atoms with Gasteiger partial charge in [0.25, 0.3) is 10.0 Å². The maximum absolute atomic E-state index is 13.3. The van der Waals surface area contributed by atoms with Crippen LogP contribution in [0.3, 0.4) is 0 Å². The molecule has 0 fully saturated rings. The SMILES string of the molecule is COc1cc(OC)nc(NC(=O)NS(=O)(=O)c2c(CF)nc3ccccn23)n1. The van der Waals surface area contributed by atoms with Crippen LogP contribution < -0.4 is 19.5 Å². The van der Waals surface area contributed by atoms with E-state index in [-0.39, 0.29) is 29.0 Å². The van der Waals surface area contributed by atoms with Crippen molar-refractivity contribution in [2.45, 2.75) is 11.7 Å². The fourth-order valence-electron chi connectivity index (χ4n) is 2.36. The van der Waals surface area contributed by atoms with Crippen LogP contribution in [-0.4, -0.2) is 48.0 Å². The number of aromatic nitrogens is 4. The quantitative estimate of drug-likeness (QED) is 0.617. The summed E-state index contributed by atoms with van der Waals surface area (Å²) in [7, 11) is -1.76. The molecule has 0 atom stereocenters. The second-order valence-electron chi connectivity index (χ2n) is 5.26. The van der Waals surface area contributed by atoms with Crippen molar-refractivity contribution in [2.24, 2.45) is 0 Å². The molecular weight excluding hydrogens is 395 g/mol. The number of nitrogens with one attached hydrogen (secondary N) is 2. The van der Waals surface area contributed by atoms with Gasteiger partial charge in [-0.05, 0) is 12.1 Å². The van der Waals surface area contributed by atoms with Gasteiger partial charge in [0.15, 0.2) is 5.03 Å². The van der Waals surface area contributed by atoms with Crippen molar-refractivity contribution in [2.75, 3.05) is 19.5 Å². The molecule has 0 spiro atoms. The number of rotatable bonds is 6. The number of hydrogen-bond donors (Lipinski definition) is 2. The molecule has 0 saturated carbocycles. The number of pyridine rings is 1. The zero-order valence-electron chi connectivity index (χ0n) is 14.7. The number of fused-ring (bicyclic) bond motifs is 1. The number of sulfonamides is 1. The number of amides is 2. The van der Waals surface area contributed by atoms with Gasteiger partial charge in [-0.3, -0.25) is 9.72 Å². The zero-order valence-corrected chi connectivity index (χ0v) is 15.5. The number of nitrogens with zero attached hydrogens (tertiary/aromatic N) is 4. The molecule has 0 aliphatic heterocycles. The third-order valence-corrected chi connectivity index (χ3v) is 4.88. The van der Waals surface area contributed by atoms with E-state index in [0.29, 0.717) is 0 Å². The third kappa shape index (κ3) is 3.78. The zero-order chi connectivity index (χ0) is 20.3. The van der Waals surface area contributed by atoms with Crippen molar-refractivity contribution < 1.29 is 27.1 Å². The lowest BCUT2D eigenvalue weighted by molar-refractivity contribution is 0.256. The summed E-state index contributed by atoms with van der Waals surface area (Å²) in [4.78, 5) is 23.8. The second-order valence-corrected chi connectivity index (χ2v) is 6.86. The van der Waals surface area contributed by atoms with Crippen LogP contribution in [0.25, 0.3) is 5.65 Å². The molecule has 148 valence electrons. The molecule has 0 aromatic carbocycles. The number of halogens is 1. The molecule has 0 saturated heterocycles. The molecule has 3 rings (SSSR count). The minimum absolute atomic E-state index is 0.0894. The van der Waals surface area contributed by atoms with E-state index in [9.17, 15) is 17.6 Å². The van der Waals surface area contributed by atoms with Crippen LogP contribution in [0.5, 0.6) is 11.8 Å². The van der Waals surface area contributed by atoms with Crippen molar-refractivity contribution in [1.29, 1.82) is 0 Å². The van der Waals surface area contributed by atoms with Crippen LogP contribution in [0, 0.1) is 0 Å². The van der Waals surface area contributed by atoms with E-state index >= 15 is 0 Å². The average molecular weight is 410 g/mol. The molecule has 0 radical (unpaired) electrons. The van der Waals surface area contributed by atoms with Gasteiger partial charge in [-0.15, -0.1) is 0 Å². The lowest BCUT2D eigenvalue weighted by atomic mass is 10.5. The van der Waals surface area contributed by atoms with Crippen molar-refractivity contribution >= 4 is 27.6 Å². The number of anilines is 1. The summed E-state index contributed by atoms with van der Waals surface area (Å²) in [5.41, 5.74) is -0.109. The summed E-state index contributed by atoms with van der Waals surface area (Å²) in [6.45, 7) is -1.13. The van der Waals surface area contributed by atoms with Gasteiger partial charge in [0.2, 0.25) is 17.7 Å². The highest BCUT2D eigenvalue weighted by atomic mass is 32.2. The number of ether oxygens (including phenoxy) is 2. The van der Waals surface area contributed by atoms with E-state index in [1.165, 1.54) is 32.5 Å². The van der Waals surface area contributed by atoms with Gasteiger partial charge < -0.3 is 9.47 Å². The van der Waals surface area contributed by atoms with Crippen LogP contribution in [0.2, 0.25) is 0 Å². The van der Waals surface area contributed by atoms with E-state index in [0.717, 1.165) is 4.40 Å². The number of hydrogen-bond acceptors (Lipinski definition) is 8. The first-order chi connectivity index (χ1) is 13.4. The van der Waals surface area contributed by atoms with Gasteiger partial charge >= 0.3 is 6.03 Å².